The quantitative estimate of drug-likeness (QED) is 0.658. The molecule has 0 spiro atoms. The van der Waals surface area contributed by atoms with Gasteiger partial charge < -0.3 is 15.7 Å². The van der Waals surface area contributed by atoms with Crippen molar-refractivity contribution in [3.05, 3.63) is 0 Å². The molecular weight excluding hydrogens is 200 g/mol. The highest BCUT2D eigenvalue weighted by atomic mass is 16.3. The van der Waals surface area contributed by atoms with Gasteiger partial charge in [-0.1, -0.05) is 25.7 Å². The van der Waals surface area contributed by atoms with E-state index in [1.54, 1.807) is 0 Å². The number of aliphatic hydroxyl groups is 1. The molecule has 3 nitrogen and oxygen atoms in total. The Morgan fingerprint density at radius 3 is 2.69 bits per heavy atom. The van der Waals surface area contributed by atoms with E-state index in [9.17, 15) is 5.11 Å². The lowest BCUT2D eigenvalue weighted by Crippen LogP contribution is -2.36. The fourth-order valence-corrected chi connectivity index (χ4v) is 3.11. The molecule has 0 aromatic heterocycles. The SMILES string of the molecule is CC(CC1CCCC1)NCC1CNCC1O. The largest absolute Gasteiger partial charge is 0.391 e. The summed E-state index contributed by atoms with van der Waals surface area (Å²) in [5, 5.41) is 16.5. The molecule has 2 fully saturated rings. The summed E-state index contributed by atoms with van der Waals surface area (Å²) in [6.45, 7) is 4.98. The number of aliphatic hydroxyl groups excluding tert-OH is 1. The van der Waals surface area contributed by atoms with Crippen LogP contribution in [0.5, 0.6) is 0 Å². The van der Waals surface area contributed by atoms with Crippen LogP contribution in [0.25, 0.3) is 0 Å². The molecule has 0 radical (unpaired) electrons. The Hall–Kier alpha value is -0.120. The highest BCUT2D eigenvalue weighted by Crippen LogP contribution is 2.28. The van der Waals surface area contributed by atoms with Gasteiger partial charge >= 0.3 is 0 Å². The second kappa shape index (κ2) is 5.99. The Morgan fingerprint density at radius 2 is 2.06 bits per heavy atom. The number of rotatable bonds is 5. The third-order valence-electron chi connectivity index (χ3n) is 4.19. The highest BCUT2D eigenvalue weighted by molar-refractivity contribution is 4.83. The van der Waals surface area contributed by atoms with Gasteiger partial charge in [0.25, 0.3) is 0 Å². The van der Waals surface area contributed by atoms with Crippen molar-refractivity contribution in [3.8, 4) is 0 Å². The predicted molar refractivity (Wildman–Crippen MR) is 66.4 cm³/mol. The number of nitrogens with one attached hydrogen (secondary N) is 2. The molecule has 1 heterocycles. The minimum atomic E-state index is -0.147. The molecule has 0 bridgehead atoms. The minimum Gasteiger partial charge on any atom is -0.391 e. The molecule has 16 heavy (non-hydrogen) atoms. The van der Waals surface area contributed by atoms with Gasteiger partial charge in [0.05, 0.1) is 6.10 Å². The van der Waals surface area contributed by atoms with Crippen LogP contribution in [0, 0.1) is 11.8 Å². The molecule has 3 heteroatoms. The zero-order chi connectivity index (χ0) is 11.4. The minimum absolute atomic E-state index is 0.147. The van der Waals surface area contributed by atoms with Crippen molar-refractivity contribution in [2.45, 2.75) is 51.2 Å². The maximum Gasteiger partial charge on any atom is 0.0716 e. The highest BCUT2D eigenvalue weighted by Gasteiger charge is 2.25. The molecule has 3 unspecified atom stereocenters. The van der Waals surface area contributed by atoms with Crippen LogP contribution < -0.4 is 10.6 Å². The van der Waals surface area contributed by atoms with Gasteiger partial charge in [0.15, 0.2) is 0 Å². The second-order valence-electron chi connectivity index (χ2n) is 5.68. The van der Waals surface area contributed by atoms with Gasteiger partial charge in [-0.2, -0.15) is 0 Å². The standard InChI is InChI=1S/C13H26N2O/c1-10(6-11-4-2-3-5-11)15-8-12-7-14-9-13(12)16/h10-16H,2-9H2,1H3. The third kappa shape index (κ3) is 3.44. The first-order valence-electron chi connectivity index (χ1n) is 6.88. The molecule has 2 rings (SSSR count). The van der Waals surface area contributed by atoms with E-state index in [4.69, 9.17) is 0 Å². The van der Waals surface area contributed by atoms with Crippen LogP contribution in [0.2, 0.25) is 0 Å². The molecule has 1 aliphatic carbocycles. The van der Waals surface area contributed by atoms with Crippen LogP contribution in [0.1, 0.15) is 39.0 Å². The zero-order valence-corrected chi connectivity index (χ0v) is 10.4. The van der Waals surface area contributed by atoms with E-state index < -0.39 is 0 Å². The van der Waals surface area contributed by atoms with Gasteiger partial charge in [0, 0.05) is 31.6 Å². The van der Waals surface area contributed by atoms with Crippen molar-refractivity contribution >= 4 is 0 Å². The summed E-state index contributed by atoms with van der Waals surface area (Å²) in [7, 11) is 0. The molecule has 0 aromatic rings. The van der Waals surface area contributed by atoms with Crippen LogP contribution in [0.3, 0.4) is 0 Å². The van der Waals surface area contributed by atoms with Gasteiger partial charge in [-0.05, 0) is 19.3 Å². The van der Waals surface area contributed by atoms with Crippen molar-refractivity contribution in [1.82, 2.24) is 10.6 Å². The molecule has 3 N–H and O–H groups in total. The molecule has 0 amide bonds. The molecule has 1 saturated heterocycles. The maximum absolute atomic E-state index is 9.68. The Bertz CT molecular complexity index is 204. The molecule has 1 saturated carbocycles. The van der Waals surface area contributed by atoms with Gasteiger partial charge in [-0.3, -0.25) is 0 Å². The Labute approximate surface area is 99.0 Å². The van der Waals surface area contributed by atoms with Crippen molar-refractivity contribution in [1.29, 1.82) is 0 Å². The van der Waals surface area contributed by atoms with Crippen LogP contribution in [0.15, 0.2) is 0 Å². The average molecular weight is 226 g/mol. The fraction of sp³-hybridized carbons (Fsp3) is 1.00. The summed E-state index contributed by atoms with van der Waals surface area (Å²) >= 11 is 0. The van der Waals surface area contributed by atoms with E-state index in [2.05, 4.69) is 17.6 Å². The van der Waals surface area contributed by atoms with Crippen LogP contribution >= 0.6 is 0 Å². The normalized spacial score (nSPS) is 33.4. The maximum atomic E-state index is 9.68. The summed E-state index contributed by atoms with van der Waals surface area (Å²) in [5.74, 6) is 1.36. The van der Waals surface area contributed by atoms with E-state index in [1.807, 2.05) is 0 Å². The fourth-order valence-electron chi connectivity index (χ4n) is 3.11. The summed E-state index contributed by atoms with van der Waals surface area (Å²) in [6.07, 6.45) is 6.90. The van der Waals surface area contributed by atoms with E-state index >= 15 is 0 Å². The lowest BCUT2D eigenvalue weighted by molar-refractivity contribution is 0.144. The van der Waals surface area contributed by atoms with Crippen molar-refractivity contribution in [2.75, 3.05) is 19.6 Å². The third-order valence-corrected chi connectivity index (χ3v) is 4.19. The summed E-state index contributed by atoms with van der Waals surface area (Å²) in [5.41, 5.74) is 0. The average Bonchev–Trinajstić information content (AvgIpc) is 2.87. The van der Waals surface area contributed by atoms with Gasteiger partial charge in [-0.25, -0.2) is 0 Å². The Balaban J connectivity index is 1.61. The number of β-amino-alcohol motifs (C(OH)–C–C–N with tert-alkyl or cyclic N) is 1. The first kappa shape index (κ1) is 12.3. The first-order valence-corrected chi connectivity index (χ1v) is 6.88. The van der Waals surface area contributed by atoms with Crippen molar-refractivity contribution < 1.29 is 5.11 Å². The van der Waals surface area contributed by atoms with Gasteiger partial charge in [0.2, 0.25) is 0 Å². The van der Waals surface area contributed by atoms with Crippen LogP contribution in [-0.2, 0) is 0 Å². The monoisotopic (exact) mass is 226 g/mol. The van der Waals surface area contributed by atoms with E-state index in [0.29, 0.717) is 12.0 Å². The number of hydrogen-bond acceptors (Lipinski definition) is 3. The number of hydrogen-bond donors (Lipinski definition) is 3. The smallest absolute Gasteiger partial charge is 0.0716 e. The summed E-state index contributed by atoms with van der Waals surface area (Å²) in [4.78, 5) is 0. The molecule has 1 aliphatic heterocycles. The lowest BCUT2D eigenvalue weighted by Gasteiger charge is -2.21. The first-order chi connectivity index (χ1) is 7.75. The molecule has 0 aromatic carbocycles. The predicted octanol–water partition coefficient (Wildman–Crippen LogP) is 1.13. The molecule has 2 aliphatic rings. The van der Waals surface area contributed by atoms with Crippen LogP contribution in [-0.4, -0.2) is 36.9 Å². The lowest BCUT2D eigenvalue weighted by atomic mass is 9.98. The van der Waals surface area contributed by atoms with E-state index in [0.717, 1.165) is 25.6 Å². The van der Waals surface area contributed by atoms with Crippen molar-refractivity contribution in [2.24, 2.45) is 11.8 Å². The molecule has 94 valence electrons. The van der Waals surface area contributed by atoms with E-state index in [1.165, 1.54) is 32.1 Å². The summed E-state index contributed by atoms with van der Waals surface area (Å²) in [6, 6.07) is 0.607. The van der Waals surface area contributed by atoms with Gasteiger partial charge in [0.1, 0.15) is 0 Å². The Morgan fingerprint density at radius 1 is 1.31 bits per heavy atom. The van der Waals surface area contributed by atoms with Crippen molar-refractivity contribution in [3.63, 3.8) is 0 Å². The van der Waals surface area contributed by atoms with E-state index in [-0.39, 0.29) is 6.10 Å². The van der Waals surface area contributed by atoms with Gasteiger partial charge in [-0.15, -0.1) is 0 Å². The topological polar surface area (TPSA) is 44.3 Å². The second-order valence-corrected chi connectivity index (χ2v) is 5.68. The molecular formula is C13H26N2O. The molecule has 3 atom stereocenters. The van der Waals surface area contributed by atoms with Crippen LogP contribution in [0.4, 0.5) is 0 Å². The Kier molecular flexibility index (Phi) is 4.62. The zero-order valence-electron chi connectivity index (χ0n) is 10.4. The summed E-state index contributed by atoms with van der Waals surface area (Å²) < 4.78 is 0.